The van der Waals surface area contributed by atoms with Crippen molar-refractivity contribution in [2.24, 2.45) is 11.8 Å². The number of ether oxygens (including phenoxy) is 1. The maximum atomic E-state index is 12.8. The zero-order chi connectivity index (χ0) is 22.4. The Kier molecular flexibility index (Phi) is 8.12. The summed E-state index contributed by atoms with van der Waals surface area (Å²) in [5, 5.41) is 2.75. The number of carbonyl (C=O) groups is 2. The van der Waals surface area contributed by atoms with E-state index in [9.17, 15) is 18.0 Å². The molecule has 1 amide bonds. The number of hydrogen-bond acceptors (Lipinski definition) is 7. The lowest BCUT2D eigenvalue weighted by atomic mass is 9.97. The van der Waals surface area contributed by atoms with Crippen LogP contribution in [0.25, 0.3) is 0 Å². The van der Waals surface area contributed by atoms with E-state index in [4.69, 9.17) is 9.15 Å². The molecule has 10 heteroatoms. The van der Waals surface area contributed by atoms with Gasteiger partial charge in [-0.2, -0.15) is 4.31 Å². The van der Waals surface area contributed by atoms with Crippen molar-refractivity contribution in [3.8, 4) is 0 Å². The second kappa shape index (κ2) is 10.6. The molecule has 3 heterocycles. The Morgan fingerprint density at radius 2 is 1.87 bits per heavy atom. The number of nitrogens with one attached hydrogen (secondary N) is 1. The molecule has 1 atom stereocenters. The fourth-order valence-electron chi connectivity index (χ4n) is 4.15. The highest BCUT2D eigenvalue weighted by molar-refractivity contribution is 7.89. The molecule has 2 aliphatic rings. The summed E-state index contributed by atoms with van der Waals surface area (Å²) in [6.07, 6.45) is 3.42. The molecule has 2 aliphatic heterocycles. The molecule has 0 radical (unpaired) electrons. The Hall–Kier alpha value is -1.91. The van der Waals surface area contributed by atoms with Gasteiger partial charge in [0.15, 0.2) is 0 Å². The predicted octanol–water partition coefficient (Wildman–Crippen LogP) is 1.71. The summed E-state index contributed by atoms with van der Waals surface area (Å²) in [4.78, 5) is 26.7. The number of carbonyl (C=O) groups excluding carboxylic acids is 2. The highest BCUT2D eigenvalue weighted by atomic mass is 32.2. The number of amides is 1. The van der Waals surface area contributed by atoms with Crippen LogP contribution in [0.5, 0.6) is 0 Å². The fourth-order valence-corrected chi connectivity index (χ4v) is 5.53. The minimum absolute atomic E-state index is 0.00656. The van der Waals surface area contributed by atoms with Gasteiger partial charge in [0, 0.05) is 32.1 Å². The number of sulfonamides is 1. The average Bonchev–Trinajstić information content (AvgIpc) is 3.45. The molecule has 1 unspecified atom stereocenters. The first-order valence-corrected chi connectivity index (χ1v) is 12.5. The molecule has 0 bridgehead atoms. The van der Waals surface area contributed by atoms with Crippen LogP contribution in [0.1, 0.15) is 50.1 Å². The van der Waals surface area contributed by atoms with Gasteiger partial charge in [0.25, 0.3) is 10.0 Å². The van der Waals surface area contributed by atoms with Gasteiger partial charge in [-0.15, -0.1) is 0 Å². The Morgan fingerprint density at radius 1 is 1.19 bits per heavy atom. The van der Waals surface area contributed by atoms with Crippen molar-refractivity contribution in [2.45, 2.75) is 44.6 Å². The van der Waals surface area contributed by atoms with Gasteiger partial charge in [0.05, 0.1) is 6.61 Å². The Morgan fingerprint density at radius 3 is 2.52 bits per heavy atom. The molecule has 0 spiro atoms. The smallest absolute Gasteiger partial charge is 0.374 e. The second-order valence-corrected chi connectivity index (χ2v) is 10.2. The van der Waals surface area contributed by atoms with Crippen LogP contribution in [-0.2, 0) is 19.6 Å². The van der Waals surface area contributed by atoms with Crippen LogP contribution in [-0.4, -0.2) is 75.4 Å². The van der Waals surface area contributed by atoms with Crippen LogP contribution < -0.4 is 5.32 Å². The number of furan rings is 1. The molecule has 1 aromatic rings. The molecule has 0 saturated carbocycles. The number of nitrogens with zero attached hydrogens (tertiary/aromatic N) is 2. The maximum Gasteiger partial charge on any atom is 0.374 e. The lowest BCUT2D eigenvalue weighted by Gasteiger charge is -2.30. The second-order valence-electron chi connectivity index (χ2n) is 8.38. The molecule has 3 rings (SSSR count). The van der Waals surface area contributed by atoms with Crippen LogP contribution in [0.2, 0.25) is 0 Å². The number of piperidine rings is 1. The molecular formula is C21H33N3O6S. The average molecular weight is 456 g/mol. The molecule has 1 N–H and O–H groups in total. The van der Waals surface area contributed by atoms with Gasteiger partial charge in [0.1, 0.15) is 0 Å². The Bertz CT molecular complexity index is 854. The molecule has 0 aromatic carbocycles. The van der Waals surface area contributed by atoms with E-state index in [0.29, 0.717) is 25.3 Å². The van der Waals surface area contributed by atoms with E-state index in [1.54, 1.807) is 6.92 Å². The molecule has 2 fully saturated rings. The highest BCUT2D eigenvalue weighted by Gasteiger charge is 2.34. The number of hydrogen-bond donors (Lipinski definition) is 1. The third-order valence-corrected chi connectivity index (χ3v) is 7.64. The van der Waals surface area contributed by atoms with Crippen molar-refractivity contribution < 1.29 is 27.2 Å². The van der Waals surface area contributed by atoms with Crippen molar-refractivity contribution in [2.75, 3.05) is 45.9 Å². The Labute approximate surface area is 184 Å². The molecule has 9 nitrogen and oxygen atoms in total. The van der Waals surface area contributed by atoms with E-state index in [0.717, 1.165) is 19.6 Å². The number of likely N-dealkylation sites (tertiary alicyclic amines) is 1. The quantitative estimate of drug-likeness (QED) is 0.565. The standard InChI is InChI=1S/C21H33N3O6S/c1-3-29-21(26)18-6-7-19(30-18)31(27,28)24-12-8-17(9-13-24)20(25)22-14-16(2)15-23-10-4-5-11-23/h6-7,16-17H,3-5,8-15H2,1-2H3,(H,22,25). The van der Waals surface area contributed by atoms with Crippen molar-refractivity contribution in [1.29, 1.82) is 0 Å². The van der Waals surface area contributed by atoms with Gasteiger partial charge >= 0.3 is 5.97 Å². The summed E-state index contributed by atoms with van der Waals surface area (Å²) >= 11 is 0. The monoisotopic (exact) mass is 455 g/mol. The van der Waals surface area contributed by atoms with E-state index >= 15 is 0 Å². The fraction of sp³-hybridized carbons (Fsp3) is 0.714. The van der Waals surface area contributed by atoms with Gasteiger partial charge in [0.2, 0.25) is 16.8 Å². The van der Waals surface area contributed by atoms with Gasteiger partial charge in [-0.05, 0) is 63.7 Å². The van der Waals surface area contributed by atoms with Crippen LogP contribution in [0, 0.1) is 11.8 Å². The molecular weight excluding hydrogens is 422 g/mol. The predicted molar refractivity (Wildman–Crippen MR) is 114 cm³/mol. The van der Waals surface area contributed by atoms with Gasteiger partial charge in [-0.3, -0.25) is 4.79 Å². The summed E-state index contributed by atoms with van der Waals surface area (Å²) in [6.45, 7) is 8.36. The maximum absolute atomic E-state index is 12.8. The molecule has 2 saturated heterocycles. The van der Waals surface area contributed by atoms with E-state index in [2.05, 4.69) is 17.1 Å². The summed E-state index contributed by atoms with van der Waals surface area (Å²) in [7, 11) is -3.86. The topological polar surface area (TPSA) is 109 Å². The zero-order valence-electron chi connectivity index (χ0n) is 18.3. The van der Waals surface area contributed by atoms with Crippen LogP contribution >= 0.6 is 0 Å². The minimum atomic E-state index is -3.86. The van der Waals surface area contributed by atoms with Crippen LogP contribution in [0.15, 0.2) is 21.6 Å². The summed E-state index contributed by atoms with van der Waals surface area (Å²) in [5.74, 6) is -0.656. The highest BCUT2D eigenvalue weighted by Crippen LogP contribution is 2.25. The van der Waals surface area contributed by atoms with Gasteiger partial charge in [-0.1, -0.05) is 6.92 Å². The van der Waals surface area contributed by atoms with Crippen molar-refractivity contribution in [3.05, 3.63) is 17.9 Å². The summed E-state index contributed by atoms with van der Waals surface area (Å²) in [5.41, 5.74) is 0. The molecule has 1 aromatic heterocycles. The normalized spacial score (nSPS) is 19.9. The molecule has 31 heavy (non-hydrogen) atoms. The van der Waals surface area contributed by atoms with Crippen molar-refractivity contribution in [1.82, 2.24) is 14.5 Å². The van der Waals surface area contributed by atoms with E-state index in [-0.39, 0.29) is 42.4 Å². The first-order valence-electron chi connectivity index (χ1n) is 11.1. The van der Waals surface area contributed by atoms with E-state index in [1.165, 1.54) is 29.3 Å². The minimum Gasteiger partial charge on any atom is -0.460 e. The summed E-state index contributed by atoms with van der Waals surface area (Å²) < 4.78 is 37.0. The Balaban J connectivity index is 1.46. The summed E-state index contributed by atoms with van der Waals surface area (Å²) in [6, 6.07) is 2.57. The van der Waals surface area contributed by atoms with E-state index < -0.39 is 16.0 Å². The van der Waals surface area contributed by atoms with Crippen molar-refractivity contribution in [3.63, 3.8) is 0 Å². The van der Waals surface area contributed by atoms with Crippen LogP contribution in [0.4, 0.5) is 0 Å². The lowest BCUT2D eigenvalue weighted by Crippen LogP contribution is -2.44. The van der Waals surface area contributed by atoms with E-state index in [1.807, 2.05) is 0 Å². The first kappa shape index (κ1) is 23.7. The largest absolute Gasteiger partial charge is 0.460 e. The van der Waals surface area contributed by atoms with Crippen LogP contribution in [0.3, 0.4) is 0 Å². The first-order chi connectivity index (χ1) is 14.8. The van der Waals surface area contributed by atoms with Crippen molar-refractivity contribution >= 4 is 21.9 Å². The molecule has 174 valence electrons. The molecule has 0 aliphatic carbocycles. The third kappa shape index (κ3) is 6.08. The zero-order valence-corrected chi connectivity index (χ0v) is 19.2. The SMILES string of the molecule is CCOC(=O)c1ccc(S(=O)(=O)N2CCC(C(=O)NCC(C)CN3CCCC3)CC2)o1. The third-order valence-electron chi connectivity index (χ3n) is 5.87. The number of rotatable bonds is 9. The lowest BCUT2D eigenvalue weighted by molar-refractivity contribution is -0.126. The van der Waals surface area contributed by atoms with Gasteiger partial charge < -0.3 is 19.4 Å². The van der Waals surface area contributed by atoms with Gasteiger partial charge in [-0.25, -0.2) is 13.2 Å². The number of esters is 1.